The van der Waals surface area contributed by atoms with E-state index in [1.807, 2.05) is 36.2 Å². The fourth-order valence-electron chi connectivity index (χ4n) is 1.88. The van der Waals surface area contributed by atoms with E-state index in [4.69, 9.17) is 16.9 Å². The first-order valence-corrected chi connectivity index (χ1v) is 6.93. The maximum atomic E-state index is 9.15. The molecule has 0 radical (unpaired) electrons. The molecule has 0 bridgehead atoms. The molecule has 0 aliphatic heterocycles. The van der Waals surface area contributed by atoms with Crippen molar-refractivity contribution in [3.05, 3.63) is 63.1 Å². The smallest absolute Gasteiger partial charge is 0.101 e. The second-order valence-corrected chi connectivity index (χ2v) is 5.51. The maximum absolute atomic E-state index is 9.15. The van der Waals surface area contributed by atoms with Gasteiger partial charge in [-0.2, -0.15) is 5.26 Å². The van der Waals surface area contributed by atoms with Gasteiger partial charge in [0.25, 0.3) is 0 Å². The van der Waals surface area contributed by atoms with Crippen molar-refractivity contribution in [2.24, 2.45) is 0 Å². The second kappa shape index (κ2) is 6.10. The third-order valence-electron chi connectivity index (χ3n) is 2.86. The molecule has 0 saturated heterocycles. The highest BCUT2D eigenvalue weighted by Gasteiger charge is 2.10. The SMILES string of the molecule is CN(Cc1ccccc1Br)c1cc(Cl)ccc1C#N. The quantitative estimate of drug-likeness (QED) is 0.819. The van der Waals surface area contributed by atoms with Gasteiger partial charge in [0, 0.05) is 23.1 Å². The van der Waals surface area contributed by atoms with Crippen LogP contribution in [-0.2, 0) is 6.54 Å². The Kier molecular flexibility index (Phi) is 4.47. The van der Waals surface area contributed by atoms with Crippen LogP contribution in [0.15, 0.2) is 46.9 Å². The highest BCUT2D eigenvalue weighted by molar-refractivity contribution is 9.10. The van der Waals surface area contributed by atoms with Crippen LogP contribution in [0.25, 0.3) is 0 Å². The Morgan fingerprint density at radius 3 is 2.68 bits per heavy atom. The molecular formula is C15H12BrClN2. The molecule has 0 aliphatic rings. The van der Waals surface area contributed by atoms with Gasteiger partial charge >= 0.3 is 0 Å². The lowest BCUT2D eigenvalue weighted by Crippen LogP contribution is -2.17. The van der Waals surface area contributed by atoms with Crippen molar-refractivity contribution < 1.29 is 0 Å². The first-order valence-electron chi connectivity index (χ1n) is 5.76. The van der Waals surface area contributed by atoms with E-state index in [9.17, 15) is 0 Å². The van der Waals surface area contributed by atoms with Crippen LogP contribution in [0.2, 0.25) is 5.02 Å². The summed E-state index contributed by atoms with van der Waals surface area (Å²) in [6, 6.07) is 15.5. The summed E-state index contributed by atoms with van der Waals surface area (Å²) in [5.41, 5.74) is 2.62. The molecule has 0 aromatic heterocycles. The number of rotatable bonds is 3. The van der Waals surface area contributed by atoms with E-state index in [0.29, 0.717) is 17.1 Å². The van der Waals surface area contributed by atoms with Crippen molar-refractivity contribution >= 4 is 33.2 Å². The fourth-order valence-corrected chi connectivity index (χ4v) is 2.46. The van der Waals surface area contributed by atoms with Gasteiger partial charge in [0.1, 0.15) is 6.07 Å². The molecule has 0 unspecified atom stereocenters. The van der Waals surface area contributed by atoms with Gasteiger partial charge in [-0.3, -0.25) is 0 Å². The molecule has 0 amide bonds. The third kappa shape index (κ3) is 3.28. The van der Waals surface area contributed by atoms with Crippen molar-refractivity contribution in [1.82, 2.24) is 0 Å². The molecule has 2 aromatic rings. The number of hydrogen-bond donors (Lipinski definition) is 0. The van der Waals surface area contributed by atoms with E-state index in [1.54, 1.807) is 12.1 Å². The molecular weight excluding hydrogens is 324 g/mol. The molecule has 4 heteroatoms. The Hall–Kier alpha value is -1.50. The van der Waals surface area contributed by atoms with Gasteiger partial charge in [-0.1, -0.05) is 45.7 Å². The molecule has 0 spiro atoms. The van der Waals surface area contributed by atoms with E-state index in [0.717, 1.165) is 15.7 Å². The van der Waals surface area contributed by atoms with Gasteiger partial charge in [0.05, 0.1) is 11.3 Å². The first-order chi connectivity index (χ1) is 9.11. The normalized spacial score (nSPS) is 10.0. The van der Waals surface area contributed by atoms with E-state index >= 15 is 0 Å². The van der Waals surface area contributed by atoms with Gasteiger partial charge in [-0.25, -0.2) is 0 Å². The molecule has 19 heavy (non-hydrogen) atoms. The number of nitriles is 1. The molecule has 0 aliphatic carbocycles. The van der Waals surface area contributed by atoms with Gasteiger partial charge in [-0.05, 0) is 29.8 Å². The number of benzene rings is 2. The highest BCUT2D eigenvalue weighted by Crippen LogP contribution is 2.26. The third-order valence-corrected chi connectivity index (χ3v) is 3.87. The van der Waals surface area contributed by atoms with Crippen LogP contribution < -0.4 is 4.90 Å². The standard InChI is InChI=1S/C15H12BrClN2/c1-19(10-12-4-2-3-5-14(12)16)15-8-13(17)7-6-11(15)9-18/h2-8H,10H2,1H3. The van der Waals surface area contributed by atoms with Crippen LogP contribution in [0, 0.1) is 11.3 Å². The summed E-state index contributed by atoms with van der Waals surface area (Å²) in [5.74, 6) is 0. The Morgan fingerprint density at radius 2 is 2.00 bits per heavy atom. The largest absolute Gasteiger partial charge is 0.369 e. The van der Waals surface area contributed by atoms with E-state index in [-0.39, 0.29) is 0 Å². The van der Waals surface area contributed by atoms with E-state index in [1.165, 1.54) is 0 Å². The molecule has 0 N–H and O–H groups in total. The number of nitrogens with zero attached hydrogens (tertiary/aromatic N) is 2. The minimum atomic E-state index is 0.624. The van der Waals surface area contributed by atoms with Gasteiger partial charge in [0.2, 0.25) is 0 Å². The predicted molar refractivity (Wildman–Crippen MR) is 82.4 cm³/mol. The average Bonchev–Trinajstić information content (AvgIpc) is 2.41. The summed E-state index contributed by atoms with van der Waals surface area (Å²) in [7, 11) is 1.95. The van der Waals surface area contributed by atoms with Crippen molar-refractivity contribution in [1.29, 1.82) is 5.26 Å². The van der Waals surface area contributed by atoms with Crippen LogP contribution in [0.3, 0.4) is 0 Å². The summed E-state index contributed by atoms with van der Waals surface area (Å²) in [6.07, 6.45) is 0. The lowest BCUT2D eigenvalue weighted by molar-refractivity contribution is 0.916. The van der Waals surface area contributed by atoms with Crippen LogP contribution in [0.4, 0.5) is 5.69 Å². The molecule has 0 heterocycles. The van der Waals surface area contributed by atoms with Crippen LogP contribution in [0.1, 0.15) is 11.1 Å². The topological polar surface area (TPSA) is 27.0 Å². The molecule has 2 nitrogen and oxygen atoms in total. The molecule has 2 rings (SSSR count). The Labute approximate surface area is 126 Å². The maximum Gasteiger partial charge on any atom is 0.101 e. The summed E-state index contributed by atoms with van der Waals surface area (Å²) < 4.78 is 1.06. The summed E-state index contributed by atoms with van der Waals surface area (Å²) in [5, 5.41) is 9.78. The van der Waals surface area contributed by atoms with Crippen molar-refractivity contribution in [3.8, 4) is 6.07 Å². The zero-order chi connectivity index (χ0) is 13.8. The van der Waals surface area contributed by atoms with Crippen molar-refractivity contribution in [3.63, 3.8) is 0 Å². The predicted octanol–water partition coefficient (Wildman–Crippen LogP) is 4.61. The van der Waals surface area contributed by atoms with E-state index < -0.39 is 0 Å². The molecule has 0 fully saturated rings. The Bertz CT molecular complexity index is 634. The fraction of sp³-hybridized carbons (Fsp3) is 0.133. The van der Waals surface area contributed by atoms with Gasteiger partial charge in [0.15, 0.2) is 0 Å². The Morgan fingerprint density at radius 1 is 1.26 bits per heavy atom. The van der Waals surface area contributed by atoms with Crippen molar-refractivity contribution in [2.75, 3.05) is 11.9 Å². The lowest BCUT2D eigenvalue weighted by Gasteiger charge is -2.21. The monoisotopic (exact) mass is 334 g/mol. The number of anilines is 1. The number of hydrogen-bond acceptors (Lipinski definition) is 2. The molecule has 2 aromatic carbocycles. The summed E-state index contributed by atoms with van der Waals surface area (Å²) in [6.45, 7) is 0.705. The zero-order valence-corrected chi connectivity index (χ0v) is 12.7. The van der Waals surface area contributed by atoms with Gasteiger partial charge in [-0.15, -0.1) is 0 Å². The van der Waals surface area contributed by atoms with E-state index in [2.05, 4.69) is 28.1 Å². The summed E-state index contributed by atoms with van der Waals surface area (Å²) >= 11 is 9.54. The van der Waals surface area contributed by atoms with Crippen LogP contribution in [0.5, 0.6) is 0 Å². The van der Waals surface area contributed by atoms with Crippen LogP contribution in [-0.4, -0.2) is 7.05 Å². The molecule has 0 atom stereocenters. The van der Waals surface area contributed by atoms with Crippen molar-refractivity contribution in [2.45, 2.75) is 6.54 Å². The Balaban J connectivity index is 2.30. The number of halogens is 2. The minimum Gasteiger partial charge on any atom is -0.369 e. The van der Waals surface area contributed by atoms with Gasteiger partial charge < -0.3 is 4.90 Å². The minimum absolute atomic E-state index is 0.624. The summed E-state index contributed by atoms with van der Waals surface area (Å²) in [4.78, 5) is 2.02. The zero-order valence-electron chi connectivity index (χ0n) is 10.4. The highest BCUT2D eigenvalue weighted by atomic mass is 79.9. The average molecular weight is 336 g/mol. The second-order valence-electron chi connectivity index (χ2n) is 4.22. The molecule has 0 saturated carbocycles. The molecule has 96 valence electrons. The first kappa shape index (κ1) is 13.9. The lowest BCUT2D eigenvalue weighted by atomic mass is 10.1. The van der Waals surface area contributed by atoms with Crippen LogP contribution >= 0.6 is 27.5 Å².